The number of fused-ring (bicyclic) bond motifs is 1. The third-order valence-electron chi connectivity index (χ3n) is 7.78. The van der Waals surface area contributed by atoms with Gasteiger partial charge in [-0.1, -0.05) is 105 Å². The van der Waals surface area contributed by atoms with Crippen LogP contribution < -0.4 is 15.0 Å². The molecule has 1 N–H and O–H groups in total. The van der Waals surface area contributed by atoms with Gasteiger partial charge in [0, 0.05) is 31.9 Å². The fraction of sp³-hybridized carbons (Fsp3) is 0.297. The first-order chi connectivity index (χ1) is 21.0. The monoisotopic (exact) mass is 575 g/mol. The number of ketones is 1. The Morgan fingerprint density at radius 2 is 1.44 bits per heavy atom. The molecule has 5 rings (SSSR count). The highest BCUT2D eigenvalue weighted by atomic mass is 16.5. The maximum absolute atomic E-state index is 13.8. The molecule has 222 valence electrons. The van der Waals surface area contributed by atoms with Gasteiger partial charge in [0.25, 0.3) is 5.91 Å². The Morgan fingerprint density at radius 3 is 2.19 bits per heavy atom. The van der Waals surface area contributed by atoms with Crippen molar-refractivity contribution in [2.24, 2.45) is 5.92 Å². The van der Waals surface area contributed by atoms with E-state index >= 15 is 0 Å². The van der Waals surface area contributed by atoms with Gasteiger partial charge in [-0.2, -0.15) is 0 Å². The third kappa shape index (κ3) is 8.33. The van der Waals surface area contributed by atoms with Crippen molar-refractivity contribution < 1.29 is 14.3 Å². The lowest BCUT2D eigenvalue weighted by Gasteiger charge is -2.26. The van der Waals surface area contributed by atoms with E-state index < -0.39 is 6.04 Å². The number of benzene rings is 4. The number of Topliss-reactive ketones (excluding diaryl/α,β-unsaturated/α-hetero) is 1. The number of anilines is 1. The van der Waals surface area contributed by atoms with Gasteiger partial charge in [-0.15, -0.1) is 0 Å². The summed E-state index contributed by atoms with van der Waals surface area (Å²) in [6, 6.07) is 35.4. The number of rotatable bonds is 12. The van der Waals surface area contributed by atoms with Gasteiger partial charge in [-0.25, -0.2) is 0 Å². The first-order valence-corrected chi connectivity index (χ1v) is 15.1. The summed E-state index contributed by atoms with van der Waals surface area (Å²) >= 11 is 0. The predicted molar refractivity (Wildman–Crippen MR) is 172 cm³/mol. The van der Waals surface area contributed by atoms with Gasteiger partial charge < -0.3 is 15.0 Å². The quantitative estimate of drug-likeness (QED) is 0.209. The molecule has 1 amide bonds. The van der Waals surface area contributed by atoms with Gasteiger partial charge in [0.1, 0.15) is 12.4 Å². The van der Waals surface area contributed by atoms with Gasteiger partial charge in [0.2, 0.25) is 0 Å². The second-order valence-electron chi connectivity index (χ2n) is 11.6. The van der Waals surface area contributed by atoms with E-state index in [2.05, 4.69) is 77.5 Å². The Hall–Kier alpha value is -4.42. The predicted octanol–water partition coefficient (Wildman–Crippen LogP) is 6.50. The molecule has 0 aromatic heterocycles. The van der Waals surface area contributed by atoms with E-state index in [1.165, 1.54) is 16.8 Å². The number of carbonyl (C=O) groups is 2. The lowest BCUT2D eigenvalue weighted by molar-refractivity contribution is -0.122. The fourth-order valence-corrected chi connectivity index (χ4v) is 5.58. The van der Waals surface area contributed by atoms with Crippen molar-refractivity contribution in [3.05, 3.63) is 131 Å². The lowest BCUT2D eigenvalue weighted by atomic mass is 9.99. The van der Waals surface area contributed by atoms with E-state index in [9.17, 15) is 9.59 Å². The number of nitrogens with one attached hydrogen (secondary N) is 1. The summed E-state index contributed by atoms with van der Waals surface area (Å²) in [4.78, 5) is 32.0. The summed E-state index contributed by atoms with van der Waals surface area (Å²) in [5.74, 6) is 0.476. The van der Waals surface area contributed by atoms with Crippen molar-refractivity contribution in [1.82, 2.24) is 10.2 Å². The molecule has 1 atom stereocenters. The van der Waals surface area contributed by atoms with Crippen LogP contribution in [-0.4, -0.2) is 42.3 Å². The van der Waals surface area contributed by atoms with Gasteiger partial charge in [-0.05, 0) is 47.2 Å². The van der Waals surface area contributed by atoms with Crippen molar-refractivity contribution in [3.8, 4) is 5.75 Å². The summed E-state index contributed by atoms with van der Waals surface area (Å²) in [5.41, 5.74) is 5.12. The number of carbonyl (C=O) groups excluding carboxylic acids is 2. The molecule has 0 radical (unpaired) electrons. The molecule has 0 unspecified atom stereocenters. The molecule has 1 aliphatic heterocycles. The van der Waals surface area contributed by atoms with Gasteiger partial charge in [0.05, 0.1) is 18.2 Å². The average Bonchev–Trinajstić information content (AvgIpc) is 3.19. The summed E-state index contributed by atoms with van der Waals surface area (Å²) < 4.78 is 6.03. The second-order valence-corrected chi connectivity index (χ2v) is 11.6. The first-order valence-electron chi connectivity index (χ1n) is 15.1. The maximum atomic E-state index is 13.8. The number of hydrogen-bond acceptors (Lipinski definition) is 5. The zero-order valence-corrected chi connectivity index (χ0v) is 25.1. The minimum Gasteiger partial charge on any atom is -0.488 e. The largest absolute Gasteiger partial charge is 0.488 e. The molecule has 6 nitrogen and oxygen atoms in total. The molecule has 43 heavy (non-hydrogen) atoms. The number of amides is 1. The zero-order chi connectivity index (χ0) is 30.0. The molecular weight excluding hydrogens is 534 g/mol. The Morgan fingerprint density at radius 1 is 0.791 bits per heavy atom. The van der Waals surface area contributed by atoms with Crippen LogP contribution >= 0.6 is 0 Å². The molecule has 0 spiro atoms. The smallest absolute Gasteiger partial charge is 0.255 e. The molecular formula is C37H41N3O3. The van der Waals surface area contributed by atoms with Crippen LogP contribution in [0.25, 0.3) is 0 Å². The van der Waals surface area contributed by atoms with E-state index in [1.807, 2.05) is 48.5 Å². The zero-order valence-electron chi connectivity index (χ0n) is 25.1. The molecule has 0 fully saturated rings. The Kier molecular flexibility index (Phi) is 10.2. The van der Waals surface area contributed by atoms with Crippen molar-refractivity contribution >= 4 is 17.4 Å². The van der Waals surface area contributed by atoms with Crippen LogP contribution in [0.2, 0.25) is 0 Å². The number of ether oxygens (including phenoxy) is 1. The molecule has 4 aromatic rings. The summed E-state index contributed by atoms with van der Waals surface area (Å²) in [7, 11) is 0. The van der Waals surface area contributed by atoms with Crippen LogP contribution in [0.5, 0.6) is 5.75 Å². The van der Waals surface area contributed by atoms with E-state index in [0.29, 0.717) is 30.9 Å². The van der Waals surface area contributed by atoms with E-state index in [-0.39, 0.29) is 24.2 Å². The Labute approximate surface area is 255 Å². The summed E-state index contributed by atoms with van der Waals surface area (Å²) in [6.45, 7) is 7.86. The van der Waals surface area contributed by atoms with Crippen LogP contribution in [0.4, 0.5) is 5.69 Å². The highest BCUT2D eigenvalue weighted by molar-refractivity contribution is 6.00. The van der Waals surface area contributed by atoms with Crippen LogP contribution in [0.1, 0.15) is 47.3 Å². The van der Waals surface area contributed by atoms with Gasteiger partial charge >= 0.3 is 0 Å². The summed E-state index contributed by atoms with van der Waals surface area (Å²) in [6.07, 6.45) is 0.572. The topological polar surface area (TPSA) is 61.9 Å². The van der Waals surface area contributed by atoms with Crippen molar-refractivity contribution in [1.29, 1.82) is 0 Å². The molecule has 0 bridgehead atoms. The van der Waals surface area contributed by atoms with E-state index in [4.69, 9.17) is 4.74 Å². The van der Waals surface area contributed by atoms with E-state index in [1.54, 1.807) is 12.1 Å². The second kappa shape index (κ2) is 14.7. The SMILES string of the molecule is CC(C)C[C@H](NC(=O)c1ccccc1OCc1ccccc1)C(=O)CN1CCN(Cc2ccccc2)c2ccccc2C1. The Balaban J connectivity index is 1.27. The number of nitrogens with zero attached hydrogens (tertiary/aromatic N) is 2. The Bertz CT molecular complexity index is 1490. The minimum absolute atomic E-state index is 0.0266. The molecule has 0 aliphatic carbocycles. The molecule has 0 saturated heterocycles. The van der Waals surface area contributed by atoms with Crippen LogP contribution in [-0.2, 0) is 24.5 Å². The molecule has 1 aliphatic rings. The highest BCUT2D eigenvalue weighted by Crippen LogP contribution is 2.27. The molecule has 4 aromatic carbocycles. The average molecular weight is 576 g/mol. The van der Waals surface area contributed by atoms with Crippen molar-refractivity contribution in [3.63, 3.8) is 0 Å². The lowest BCUT2D eigenvalue weighted by Crippen LogP contribution is -2.46. The van der Waals surface area contributed by atoms with Crippen molar-refractivity contribution in [2.75, 3.05) is 24.5 Å². The van der Waals surface area contributed by atoms with Gasteiger partial charge in [0.15, 0.2) is 5.78 Å². The molecule has 6 heteroatoms. The summed E-state index contributed by atoms with van der Waals surface area (Å²) in [5, 5.41) is 3.06. The van der Waals surface area contributed by atoms with E-state index in [0.717, 1.165) is 25.2 Å². The number of para-hydroxylation sites is 2. The van der Waals surface area contributed by atoms with Crippen LogP contribution in [0.15, 0.2) is 109 Å². The minimum atomic E-state index is -0.589. The van der Waals surface area contributed by atoms with Crippen LogP contribution in [0, 0.1) is 5.92 Å². The number of hydrogen-bond donors (Lipinski definition) is 1. The molecule has 0 saturated carbocycles. The third-order valence-corrected chi connectivity index (χ3v) is 7.78. The highest BCUT2D eigenvalue weighted by Gasteiger charge is 2.27. The standard InChI is InChI=1S/C37H41N3O3/c1-28(2)23-33(38-37(42)32-18-10-12-20-36(32)43-27-30-15-7-4-8-16-30)35(41)26-39-21-22-40(24-29-13-5-3-6-14-29)34-19-11-9-17-31(34)25-39/h3-20,28,33H,21-27H2,1-2H3,(H,38,42)/t33-/m0/s1. The van der Waals surface area contributed by atoms with Gasteiger partial charge in [-0.3, -0.25) is 14.5 Å². The van der Waals surface area contributed by atoms with Crippen LogP contribution in [0.3, 0.4) is 0 Å². The maximum Gasteiger partial charge on any atom is 0.255 e. The molecule has 1 heterocycles. The normalized spacial score (nSPS) is 14.1. The fourth-order valence-electron chi connectivity index (χ4n) is 5.58. The first kappa shape index (κ1) is 30.1. The van der Waals surface area contributed by atoms with Crippen molar-refractivity contribution in [2.45, 2.75) is 46.0 Å².